The highest BCUT2D eigenvalue weighted by molar-refractivity contribution is 7.92. The van der Waals surface area contributed by atoms with Gasteiger partial charge in [0.05, 0.1) is 36.5 Å². The molecule has 0 unspecified atom stereocenters. The summed E-state index contributed by atoms with van der Waals surface area (Å²) in [7, 11) is -3.75. The second-order valence-corrected chi connectivity index (χ2v) is 12.1. The van der Waals surface area contributed by atoms with Crippen LogP contribution in [0.4, 0.5) is 22.0 Å². The van der Waals surface area contributed by atoms with Crippen LogP contribution in [0.25, 0.3) is 11.4 Å². The number of nitrogens with zero attached hydrogens (tertiary/aromatic N) is 3. The molecule has 5 rings (SSSR count). The van der Waals surface area contributed by atoms with Crippen LogP contribution in [0, 0.1) is 0 Å². The summed E-state index contributed by atoms with van der Waals surface area (Å²) in [6.45, 7) is 3.75. The number of carbonyl (C=O) groups excluding carboxylic acids is 1. The van der Waals surface area contributed by atoms with Gasteiger partial charge in [0.2, 0.25) is 0 Å². The van der Waals surface area contributed by atoms with Gasteiger partial charge in [-0.05, 0) is 68.3 Å². The number of rotatable bonds is 8. The van der Waals surface area contributed by atoms with Gasteiger partial charge in [0.15, 0.2) is 15.7 Å². The monoisotopic (exact) mass is 552 g/mol. The number of hydrogen-bond acceptors (Lipinski definition) is 9. The van der Waals surface area contributed by atoms with E-state index in [1.165, 1.54) is 0 Å². The molecule has 3 aromatic rings. The number of carbonyl (C=O) groups is 1. The number of anilines is 3. The van der Waals surface area contributed by atoms with E-state index in [1.54, 1.807) is 54.6 Å². The lowest BCUT2D eigenvalue weighted by Crippen LogP contribution is -2.44. The predicted octanol–water partition coefficient (Wildman–Crippen LogP) is 2.53. The lowest BCUT2D eigenvalue weighted by Gasteiger charge is -2.34. The van der Waals surface area contributed by atoms with Crippen LogP contribution in [-0.2, 0) is 19.3 Å². The summed E-state index contributed by atoms with van der Waals surface area (Å²) >= 11 is 0. The number of aliphatic hydroxyl groups is 1. The molecule has 11 nitrogen and oxygen atoms in total. The Morgan fingerprint density at radius 1 is 1.15 bits per heavy atom. The molecule has 0 radical (unpaired) electrons. The smallest absolute Gasteiger partial charge is 0.319 e. The van der Waals surface area contributed by atoms with E-state index in [1.807, 2.05) is 6.92 Å². The molecule has 39 heavy (non-hydrogen) atoms. The first kappa shape index (κ1) is 26.9. The molecule has 12 heteroatoms. The Labute approximate surface area is 227 Å². The van der Waals surface area contributed by atoms with E-state index in [0.717, 1.165) is 0 Å². The third kappa shape index (κ3) is 5.40. The van der Waals surface area contributed by atoms with Crippen LogP contribution in [0.2, 0.25) is 0 Å². The van der Waals surface area contributed by atoms with Gasteiger partial charge in [-0.1, -0.05) is 0 Å². The van der Waals surface area contributed by atoms with Crippen molar-refractivity contribution in [1.82, 2.24) is 15.3 Å². The molecule has 2 fully saturated rings. The molecular formula is C27H32N6O5S. The molecule has 2 amide bonds. The summed E-state index contributed by atoms with van der Waals surface area (Å²) in [5.74, 6) is 1.05. The highest BCUT2D eigenvalue weighted by Gasteiger charge is 2.58. The van der Waals surface area contributed by atoms with Crippen LogP contribution in [0.3, 0.4) is 0 Å². The number of amides is 2. The van der Waals surface area contributed by atoms with Crippen LogP contribution in [0.1, 0.15) is 25.5 Å². The minimum absolute atomic E-state index is 0.0576. The van der Waals surface area contributed by atoms with Gasteiger partial charge in [-0.3, -0.25) is 0 Å². The minimum atomic E-state index is -3.75. The Morgan fingerprint density at radius 2 is 1.87 bits per heavy atom. The summed E-state index contributed by atoms with van der Waals surface area (Å²) < 4.78 is 32.2. The van der Waals surface area contributed by atoms with Gasteiger partial charge in [-0.15, -0.1) is 0 Å². The summed E-state index contributed by atoms with van der Waals surface area (Å²) in [6, 6.07) is 14.7. The number of aliphatic hydroxyl groups excluding tert-OH is 1. The van der Waals surface area contributed by atoms with Crippen molar-refractivity contribution >= 4 is 33.1 Å². The molecule has 2 aromatic carbocycles. The molecule has 1 aliphatic heterocycles. The van der Waals surface area contributed by atoms with Crippen LogP contribution < -0.4 is 21.3 Å². The summed E-state index contributed by atoms with van der Waals surface area (Å²) in [5, 5.41) is 14.1. The standard InChI is InChI=1S/C27H32N6O5S/c1-18-17-38-15-13-33(18)24-16-23(27(10-11-27)39(36,37)22-8-4-20(28)5-9-22)31-25(32-24)19-2-6-21(7-3-19)30-26(35)29-12-14-34/h2-9,16,18,34H,10-15,17,28H2,1H3,(H2,29,30,35)/t18-/m0/s1. The van der Waals surface area contributed by atoms with Crippen molar-refractivity contribution in [3.63, 3.8) is 0 Å². The Bertz CT molecular complexity index is 1440. The average Bonchev–Trinajstić information content (AvgIpc) is 3.76. The van der Waals surface area contributed by atoms with Gasteiger partial charge in [0, 0.05) is 36.1 Å². The van der Waals surface area contributed by atoms with Gasteiger partial charge in [-0.2, -0.15) is 0 Å². The number of hydrogen-bond donors (Lipinski definition) is 4. The van der Waals surface area contributed by atoms with Crippen LogP contribution in [-0.4, -0.2) is 68.5 Å². The zero-order chi connectivity index (χ0) is 27.6. The predicted molar refractivity (Wildman–Crippen MR) is 148 cm³/mol. The van der Waals surface area contributed by atoms with Gasteiger partial charge in [0.25, 0.3) is 0 Å². The maximum atomic E-state index is 13.9. The van der Waals surface area contributed by atoms with Crippen molar-refractivity contribution in [2.24, 2.45) is 0 Å². The third-order valence-electron chi connectivity index (χ3n) is 7.05. The largest absolute Gasteiger partial charge is 0.399 e. The molecule has 0 spiro atoms. The molecule has 1 aromatic heterocycles. The van der Waals surface area contributed by atoms with E-state index in [4.69, 9.17) is 25.5 Å². The van der Waals surface area contributed by atoms with Crippen molar-refractivity contribution < 1.29 is 23.1 Å². The molecular weight excluding hydrogens is 520 g/mol. The van der Waals surface area contributed by atoms with E-state index in [2.05, 4.69) is 15.5 Å². The number of morpholine rings is 1. The average molecular weight is 553 g/mol. The molecule has 2 aliphatic rings. The van der Waals surface area contributed by atoms with E-state index < -0.39 is 20.6 Å². The first-order chi connectivity index (χ1) is 18.7. The van der Waals surface area contributed by atoms with Gasteiger partial charge in [0.1, 0.15) is 10.6 Å². The van der Waals surface area contributed by atoms with Crippen molar-refractivity contribution in [2.45, 2.75) is 35.4 Å². The quantitative estimate of drug-likeness (QED) is 0.308. The lowest BCUT2D eigenvalue weighted by molar-refractivity contribution is 0.0985. The molecule has 1 saturated heterocycles. The number of nitrogens with one attached hydrogen (secondary N) is 2. The zero-order valence-corrected chi connectivity index (χ0v) is 22.4. The van der Waals surface area contributed by atoms with E-state index in [9.17, 15) is 13.2 Å². The normalized spacial score (nSPS) is 18.4. The Morgan fingerprint density at radius 3 is 2.51 bits per heavy atom. The maximum Gasteiger partial charge on any atom is 0.319 e. The molecule has 206 valence electrons. The number of urea groups is 1. The van der Waals surface area contributed by atoms with Crippen molar-refractivity contribution in [2.75, 3.05) is 48.9 Å². The van der Waals surface area contributed by atoms with Crippen LogP contribution in [0.15, 0.2) is 59.5 Å². The molecule has 2 heterocycles. The molecule has 1 atom stereocenters. The highest BCUT2D eigenvalue weighted by atomic mass is 32.2. The Hall–Kier alpha value is -3.74. The number of nitrogen functional groups attached to an aromatic ring is 1. The highest BCUT2D eigenvalue weighted by Crippen LogP contribution is 2.55. The topological polar surface area (TPSA) is 160 Å². The summed E-state index contributed by atoms with van der Waals surface area (Å²) in [4.78, 5) is 23.9. The second kappa shape index (κ2) is 10.8. The molecule has 1 saturated carbocycles. The Balaban J connectivity index is 1.53. The number of sulfone groups is 1. The fourth-order valence-corrected chi connectivity index (χ4v) is 6.67. The van der Waals surface area contributed by atoms with Crippen molar-refractivity contribution in [3.05, 3.63) is 60.3 Å². The molecule has 1 aliphatic carbocycles. The van der Waals surface area contributed by atoms with Crippen molar-refractivity contribution in [3.8, 4) is 11.4 Å². The lowest BCUT2D eigenvalue weighted by atomic mass is 10.1. The summed E-state index contributed by atoms with van der Waals surface area (Å²) in [5.41, 5.74) is 7.99. The molecule has 5 N–H and O–H groups in total. The number of benzene rings is 2. The van der Waals surface area contributed by atoms with Gasteiger partial charge in [-0.25, -0.2) is 23.2 Å². The minimum Gasteiger partial charge on any atom is -0.399 e. The Kier molecular flexibility index (Phi) is 7.43. The fraction of sp³-hybridized carbons (Fsp3) is 0.370. The zero-order valence-electron chi connectivity index (χ0n) is 21.6. The van der Waals surface area contributed by atoms with Gasteiger partial charge >= 0.3 is 6.03 Å². The second-order valence-electron chi connectivity index (χ2n) is 9.80. The molecule has 0 bridgehead atoms. The fourth-order valence-electron chi connectivity index (χ4n) is 4.71. The first-order valence-corrected chi connectivity index (χ1v) is 14.3. The first-order valence-electron chi connectivity index (χ1n) is 12.8. The number of ether oxygens (including phenoxy) is 1. The van der Waals surface area contributed by atoms with Crippen LogP contribution >= 0.6 is 0 Å². The van der Waals surface area contributed by atoms with Crippen molar-refractivity contribution in [1.29, 1.82) is 0 Å². The van der Waals surface area contributed by atoms with E-state index in [-0.39, 0.29) is 24.1 Å². The van der Waals surface area contributed by atoms with E-state index in [0.29, 0.717) is 66.9 Å². The third-order valence-corrected chi connectivity index (χ3v) is 9.59. The van der Waals surface area contributed by atoms with Crippen LogP contribution in [0.5, 0.6) is 0 Å². The summed E-state index contributed by atoms with van der Waals surface area (Å²) in [6.07, 6.45) is 0.917. The SMILES string of the molecule is C[C@H]1COCCN1c1cc(C2(S(=O)(=O)c3ccc(N)cc3)CC2)nc(-c2ccc(NC(=O)NCCO)cc2)n1. The number of nitrogens with two attached hydrogens (primary N) is 1. The number of aromatic nitrogens is 2. The maximum absolute atomic E-state index is 13.9. The van der Waals surface area contributed by atoms with E-state index >= 15 is 0 Å². The van der Waals surface area contributed by atoms with Gasteiger partial charge < -0.3 is 31.1 Å².